The Bertz CT molecular complexity index is 456. The minimum atomic E-state index is -0.0734. The molecule has 0 unspecified atom stereocenters. The van der Waals surface area contributed by atoms with Crippen LogP contribution in [0.3, 0.4) is 0 Å². The standard InChI is InChI=1S/C17H32N4O/c1-17(2,3)16-14(13-20(4)19-16)12-18-8-5-9-21-10-6-15(22)7-11-21/h13,15,18,22H,5-12H2,1-4H3. The highest BCUT2D eigenvalue weighted by Crippen LogP contribution is 2.23. The quantitative estimate of drug-likeness (QED) is 0.785. The van der Waals surface area contributed by atoms with E-state index in [0.717, 1.165) is 52.0 Å². The number of aromatic nitrogens is 2. The second-order valence-electron chi connectivity index (χ2n) is 7.53. The van der Waals surface area contributed by atoms with E-state index in [1.54, 1.807) is 0 Å². The first kappa shape index (κ1) is 17.4. The molecular weight excluding hydrogens is 276 g/mol. The summed E-state index contributed by atoms with van der Waals surface area (Å²) in [6.07, 6.45) is 5.06. The van der Waals surface area contributed by atoms with Crippen LogP contribution in [0.1, 0.15) is 51.3 Å². The van der Waals surface area contributed by atoms with E-state index in [2.05, 4.69) is 42.3 Å². The van der Waals surface area contributed by atoms with Gasteiger partial charge in [0.15, 0.2) is 0 Å². The molecule has 126 valence electrons. The topological polar surface area (TPSA) is 53.3 Å². The van der Waals surface area contributed by atoms with Gasteiger partial charge in [-0.2, -0.15) is 5.10 Å². The van der Waals surface area contributed by atoms with Crippen LogP contribution in [0.25, 0.3) is 0 Å². The van der Waals surface area contributed by atoms with Crippen molar-refractivity contribution in [3.05, 3.63) is 17.5 Å². The summed E-state index contributed by atoms with van der Waals surface area (Å²) in [5.74, 6) is 0. The predicted octanol–water partition coefficient (Wildman–Crippen LogP) is 1.65. The summed E-state index contributed by atoms with van der Waals surface area (Å²) in [6, 6.07) is 0. The van der Waals surface area contributed by atoms with Crippen molar-refractivity contribution < 1.29 is 5.11 Å². The smallest absolute Gasteiger partial charge is 0.0722 e. The Morgan fingerprint density at radius 1 is 1.32 bits per heavy atom. The van der Waals surface area contributed by atoms with E-state index in [1.807, 2.05) is 11.7 Å². The summed E-state index contributed by atoms with van der Waals surface area (Å²) in [5.41, 5.74) is 2.58. The maximum absolute atomic E-state index is 9.51. The molecule has 2 N–H and O–H groups in total. The van der Waals surface area contributed by atoms with E-state index in [0.29, 0.717) is 0 Å². The van der Waals surface area contributed by atoms with E-state index >= 15 is 0 Å². The molecule has 0 amide bonds. The van der Waals surface area contributed by atoms with Gasteiger partial charge in [-0.15, -0.1) is 0 Å². The number of rotatable bonds is 6. The molecule has 0 radical (unpaired) electrons. The number of likely N-dealkylation sites (tertiary alicyclic amines) is 1. The van der Waals surface area contributed by atoms with Gasteiger partial charge >= 0.3 is 0 Å². The number of aliphatic hydroxyl groups is 1. The maximum atomic E-state index is 9.51. The highest BCUT2D eigenvalue weighted by atomic mass is 16.3. The van der Waals surface area contributed by atoms with Crippen LogP contribution in [-0.4, -0.2) is 52.1 Å². The second kappa shape index (κ2) is 7.57. The van der Waals surface area contributed by atoms with Crippen molar-refractivity contribution in [2.75, 3.05) is 26.2 Å². The zero-order chi connectivity index (χ0) is 16.2. The van der Waals surface area contributed by atoms with Gasteiger partial charge < -0.3 is 15.3 Å². The third-order valence-corrected chi connectivity index (χ3v) is 4.32. The fourth-order valence-corrected chi connectivity index (χ4v) is 3.09. The lowest BCUT2D eigenvalue weighted by Gasteiger charge is -2.29. The lowest BCUT2D eigenvalue weighted by atomic mass is 9.89. The fraction of sp³-hybridized carbons (Fsp3) is 0.824. The van der Waals surface area contributed by atoms with E-state index in [4.69, 9.17) is 0 Å². The Morgan fingerprint density at radius 2 is 2.00 bits per heavy atom. The molecule has 1 aliphatic rings. The van der Waals surface area contributed by atoms with Gasteiger partial charge in [-0.25, -0.2) is 0 Å². The average molecular weight is 308 g/mol. The van der Waals surface area contributed by atoms with Crippen molar-refractivity contribution >= 4 is 0 Å². The van der Waals surface area contributed by atoms with Crippen LogP contribution in [0.4, 0.5) is 0 Å². The van der Waals surface area contributed by atoms with E-state index in [1.165, 1.54) is 11.3 Å². The predicted molar refractivity (Wildman–Crippen MR) is 89.9 cm³/mol. The average Bonchev–Trinajstić information content (AvgIpc) is 2.82. The summed E-state index contributed by atoms with van der Waals surface area (Å²) >= 11 is 0. The summed E-state index contributed by atoms with van der Waals surface area (Å²) < 4.78 is 1.91. The number of hydrogen-bond acceptors (Lipinski definition) is 4. The van der Waals surface area contributed by atoms with Crippen molar-refractivity contribution in [3.63, 3.8) is 0 Å². The molecule has 1 aromatic heterocycles. The first-order valence-electron chi connectivity index (χ1n) is 8.50. The minimum absolute atomic E-state index is 0.0734. The molecule has 1 fully saturated rings. The molecule has 22 heavy (non-hydrogen) atoms. The minimum Gasteiger partial charge on any atom is -0.393 e. The third kappa shape index (κ3) is 5.07. The van der Waals surface area contributed by atoms with Crippen LogP contribution in [0.15, 0.2) is 6.20 Å². The molecule has 5 heteroatoms. The van der Waals surface area contributed by atoms with Crippen LogP contribution in [0.2, 0.25) is 0 Å². The normalized spacial score (nSPS) is 18.0. The van der Waals surface area contributed by atoms with Crippen molar-refractivity contribution in [3.8, 4) is 0 Å². The Balaban J connectivity index is 1.69. The molecule has 5 nitrogen and oxygen atoms in total. The Morgan fingerprint density at radius 3 is 2.64 bits per heavy atom. The molecule has 0 atom stereocenters. The van der Waals surface area contributed by atoms with Crippen molar-refractivity contribution in [2.45, 2.75) is 58.1 Å². The highest BCUT2D eigenvalue weighted by molar-refractivity contribution is 5.23. The van der Waals surface area contributed by atoms with Gasteiger partial charge in [0, 0.05) is 43.9 Å². The molecular formula is C17H32N4O. The highest BCUT2D eigenvalue weighted by Gasteiger charge is 2.21. The maximum Gasteiger partial charge on any atom is 0.0722 e. The van der Waals surface area contributed by atoms with E-state index in [-0.39, 0.29) is 11.5 Å². The number of piperidine rings is 1. The molecule has 0 bridgehead atoms. The first-order valence-corrected chi connectivity index (χ1v) is 8.50. The van der Waals surface area contributed by atoms with Crippen LogP contribution < -0.4 is 5.32 Å². The number of aliphatic hydroxyl groups excluding tert-OH is 1. The van der Waals surface area contributed by atoms with Gasteiger partial charge in [-0.1, -0.05) is 20.8 Å². The van der Waals surface area contributed by atoms with Crippen LogP contribution >= 0.6 is 0 Å². The number of nitrogens with one attached hydrogen (secondary N) is 1. The van der Waals surface area contributed by atoms with Gasteiger partial charge in [0.25, 0.3) is 0 Å². The number of hydrogen-bond donors (Lipinski definition) is 2. The molecule has 0 aromatic carbocycles. The molecule has 0 saturated carbocycles. The molecule has 2 rings (SSSR count). The molecule has 1 saturated heterocycles. The van der Waals surface area contributed by atoms with E-state index in [9.17, 15) is 5.11 Å². The summed E-state index contributed by atoms with van der Waals surface area (Å²) in [7, 11) is 1.99. The molecule has 0 aliphatic carbocycles. The lowest BCUT2D eigenvalue weighted by molar-refractivity contribution is 0.0821. The fourth-order valence-electron chi connectivity index (χ4n) is 3.09. The van der Waals surface area contributed by atoms with Crippen LogP contribution in [0.5, 0.6) is 0 Å². The zero-order valence-electron chi connectivity index (χ0n) is 14.6. The van der Waals surface area contributed by atoms with Gasteiger partial charge in [-0.05, 0) is 32.4 Å². The Labute approximate surface area is 134 Å². The molecule has 1 aromatic rings. The summed E-state index contributed by atoms with van der Waals surface area (Å²) in [5, 5.41) is 17.7. The first-order chi connectivity index (χ1) is 10.4. The van der Waals surface area contributed by atoms with Crippen molar-refractivity contribution in [2.24, 2.45) is 7.05 Å². The SMILES string of the molecule is Cn1cc(CNCCCN2CCC(O)CC2)c(C(C)(C)C)n1. The second-order valence-corrected chi connectivity index (χ2v) is 7.53. The van der Waals surface area contributed by atoms with Gasteiger partial charge in [-0.3, -0.25) is 4.68 Å². The molecule has 0 spiro atoms. The molecule has 1 aliphatic heterocycles. The Hall–Kier alpha value is -0.910. The third-order valence-electron chi connectivity index (χ3n) is 4.32. The summed E-state index contributed by atoms with van der Waals surface area (Å²) in [4.78, 5) is 2.46. The van der Waals surface area contributed by atoms with Gasteiger partial charge in [0.05, 0.1) is 11.8 Å². The largest absolute Gasteiger partial charge is 0.393 e. The van der Waals surface area contributed by atoms with E-state index < -0.39 is 0 Å². The van der Waals surface area contributed by atoms with Gasteiger partial charge in [0.2, 0.25) is 0 Å². The van der Waals surface area contributed by atoms with Crippen LogP contribution in [-0.2, 0) is 19.0 Å². The van der Waals surface area contributed by atoms with Gasteiger partial charge in [0.1, 0.15) is 0 Å². The van der Waals surface area contributed by atoms with Crippen molar-refractivity contribution in [1.82, 2.24) is 20.0 Å². The number of aryl methyl sites for hydroxylation is 1. The monoisotopic (exact) mass is 308 g/mol. The lowest BCUT2D eigenvalue weighted by Crippen LogP contribution is -2.37. The summed E-state index contributed by atoms with van der Waals surface area (Å²) in [6.45, 7) is 11.8. The van der Waals surface area contributed by atoms with Crippen molar-refractivity contribution in [1.29, 1.82) is 0 Å². The van der Waals surface area contributed by atoms with Crippen LogP contribution in [0, 0.1) is 0 Å². The molecule has 2 heterocycles. The Kier molecular flexibility index (Phi) is 6.01. The number of nitrogens with zero attached hydrogens (tertiary/aromatic N) is 3. The zero-order valence-corrected chi connectivity index (χ0v) is 14.6.